The predicted molar refractivity (Wildman–Crippen MR) is 66.3 cm³/mol. The van der Waals surface area contributed by atoms with Crippen molar-refractivity contribution in [2.45, 2.75) is 32.1 Å². The molecule has 1 N–H and O–H groups in total. The summed E-state index contributed by atoms with van der Waals surface area (Å²) in [4.78, 5) is 4.46. The van der Waals surface area contributed by atoms with Crippen molar-refractivity contribution >= 4 is 11.3 Å². The van der Waals surface area contributed by atoms with E-state index in [2.05, 4.69) is 22.3 Å². The van der Waals surface area contributed by atoms with Gasteiger partial charge in [0.05, 0.1) is 23.3 Å². The highest BCUT2D eigenvalue weighted by molar-refractivity contribution is 5.60. The van der Waals surface area contributed by atoms with Gasteiger partial charge < -0.3 is 5.32 Å². The van der Waals surface area contributed by atoms with E-state index in [-0.39, 0.29) is 5.41 Å². The lowest BCUT2D eigenvalue weighted by molar-refractivity contribution is 0.431. The third-order valence-corrected chi connectivity index (χ3v) is 4.27. The number of nitrogens with zero attached hydrogens (tertiary/aromatic N) is 3. The zero-order valence-corrected chi connectivity index (χ0v) is 10.2. The number of anilines is 1. The summed E-state index contributed by atoms with van der Waals surface area (Å²) in [5.41, 5.74) is 4.73. The zero-order chi connectivity index (χ0) is 11.6. The lowest BCUT2D eigenvalue weighted by Gasteiger charge is -2.23. The molecule has 4 heteroatoms. The van der Waals surface area contributed by atoms with Crippen molar-refractivity contribution in [2.75, 3.05) is 11.9 Å². The second-order valence-corrected chi connectivity index (χ2v) is 5.62. The van der Waals surface area contributed by atoms with Crippen molar-refractivity contribution < 1.29 is 0 Å². The minimum absolute atomic E-state index is 0.231. The van der Waals surface area contributed by atoms with Crippen LogP contribution >= 0.6 is 0 Å². The Bertz CT molecular complexity index is 611. The molecular formula is C13H16N4. The maximum absolute atomic E-state index is 4.60. The Kier molecular flexibility index (Phi) is 1.56. The molecule has 4 rings (SSSR count). The van der Waals surface area contributed by atoms with E-state index in [4.69, 9.17) is 0 Å². The van der Waals surface area contributed by atoms with Crippen LogP contribution in [0.2, 0.25) is 0 Å². The predicted octanol–water partition coefficient (Wildman–Crippen LogP) is 2.13. The fourth-order valence-electron chi connectivity index (χ4n) is 3.15. The third-order valence-electron chi connectivity index (χ3n) is 4.27. The molecule has 1 aliphatic carbocycles. The summed E-state index contributed by atoms with van der Waals surface area (Å²) < 4.78 is 2.04. The van der Waals surface area contributed by atoms with E-state index in [9.17, 15) is 0 Å². The summed E-state index contributed by atoms with van der Waals surface area (Å²) in [5.74, 6) is 0.811. The van der Waals surface area contributed by atoms with E-state index < -0.39 is 0 Å². The molecule has 1 aliphatic heterocycles. The van der Waals surface area contributed by atoms with Gasteiger partial charge in [0.15, 0.2) is 5.65 Å². The zero-order valence-electron chi connectivity index (χ0n) is 10.2. The third kappa shape index (κ3) is 1.13. The minimum atomic E-state index is 0.231. The van der Waals surface area contributed by atoms with Crippen LogP contribution in [-0.2, 0) is 5.41 Å². The molecule has 0 saturated heterocycles. The first-order valence-electron chi connectivity index (χ1n) is 6.28. The molecule has 1 atom stereocenters. The number of hydrogen-bond donors (Lipinski definition) is 1. The van der Waals surface area contributed by atoms with Gasteiger partial charge in [0.25, 0.3) is 0 Å². The molecule has 0 spiro atoms. The molecular weight excluding hydrogens is 212 g/mol. The summed E-state index contributed by atoms with van der Waals surface area (Å²) in [6.45, 7) is 5.41. The van der Waals surface area contributed by atoms with Gasteiger partial charge in [0.1, 0.15) is 0 Å². The number of rotatable bonds is 1. The highest BCUT2D eigenvalue weighted by Gasteiger charge is 2.48. The molecule has 2 aromatic heterocycles. The SMILES string of the molecule is Cc1cc2ncc3c(n2n1)C(C)(C1CC1)CN3. The normalized spacial score (nSPS) is 27.2. The summed E-state index contributed by atoms with van der Waals surface area (Å²) in [7, 11) is 0. The average molecular weight is 228 g/mol. The van der Waals surface area contributed by atoms with Gasteiger partial charge in [-0.15, -0.1) is 0 Å². The molecule has 1 saturated carbocycles. The van der Waals surface area contributed by atoms with Crippen LogP contribution in [-0.4, -0.2) is 21.1 Å². The molecule has 3 heterocycles. The Morgan fingerprint density at radius 2 is 2.29 bits per heavy atom. The molecule has 2 aromatic rings. The fraction of sp³-hybridized carbons (Fsp3) is 0.538. The Balaban J connectivity index is 2.04. The van der Waals surface area contributed by atoms with Crippen molar-refractivity contribution in [3.63, 3.8) is 0 Å². The molecule has 17 heavy (non-hydrogen) atoms. The summed E-state index contributed by atoms with van der Waals surface area (Å²) in [6.07, 6.45) is 4.66. The first kappa shape index (κ1) is 9.45. The van der Waals surface area contributed by atoms with Gasteiger partial charge in [0, 0.05) is 18.0 Å². The first-order valence-corrected chi connectivity index (χ1v) is 6.28. The maximum Gasteiger partial charge on any atom is 0.155 e. The summed E-state index contributed by atoms with van der Waals surface area (Å²) in [5, 5.41) is 8.09. The van der Waals surface area contributed by atoms with Gasteiger partial charge >= 0.3 is 0 Å². The van der Waals surface area contributed by atoms with Crippen LogP contribution in [0.25, 0.3) is 5.65 Å². The maximum atomic E-state index is 4.60. The van der Waals surface area contributed by atoms with Gasteiger partial charge in [-0.2, -0.15) is 5.10 Å². The molecule has 0 amide bonds. The van der Waals surface area contributed by atoms with E-state index in [1.54, 1.807) is 0 Å². The lowest BCUT2D eigenvalue weighted by atomic mass is 9.83. The molecule has 2 aliphatic rings. The quantitative estimate of drug-likeness (QED) is 0.813. The lowest BCUT2D eigenvalue weighted by Crippen LogP contribution is -2.29. The van der Waals surface area contributed by atoms with Crippen molar-refractivity contribution in [1.82, 2.24) is 14.6 Å². The number of fused-ring (bicyclic) bond motifs is 3. The topological polar surface area (TPSA) is 42.2 Å². The van der Waals surface area contributed by atoms with E-state index in [1.807, 2.05) is 23.7 Å². The summed E-state index contributed by atoms with van der Waals surface area (Å²) in [6, 6.07) is 2.05. The van der Waals surface area contributed by atoms with Gasteiger partial charge in [-0.3, -0.25) is 0 Å². The molecule has 1 fully saturated rings. The second kappa shape index (κ2) is 2.81. The van der Waals surface area contributed by atoms with Crippen molar-refractivity contribution in [3.05, 3.63) is 23.7 Å². The van der Waals surface area contributed by atoms with Crippen molar-refractivity contribution in [2.24, 2.45) is 5.92 Å². The second-order valence-electron chi connectivity index (χ2n) is 5.62. The van der Waals surface area contributed by atoms with E-state index in [0.29, 0.717) is 0 Å². The van der Waals surface area contributed by atoms with Crippen LogP contribution in [0.4, 0.5) is 5.69 Å². The molecule has 0 bridgehead atoms. The van der Waals surface area contributed by atoms with Crippen molar-refractivity contribution in [3.8, 4) is 0 Å². The van der Waals surface area contributed by atoms with Crippen molar-refractivity contribution in [1.29, 1.82) is 0 Å². The smallest absolute Gasteiger partial charge is 0.155 e. The summed E-state index contributed by atoms with van der Waals surface area (Å²) >= 11 is 0. The van der Waals surface area contributed by atoms with Crippen LogP contribution in [0.3, 0.4) is 0 Å². The molecule has 0 radical (unpaired) electrons. The number of nitrogens with one attached hydrogen (secondary N) is 1. The average Bonchev–Trinajstić information content (AvgIpc) is 3.01. The number of aryl methyl sites for hydroxylation is 1. The Labute approximate surface area is 100 Å². The highest BCUT2D eigenvalue weighted by atomic mass is 15.3. The highest BCUT2D eigenvalue weighted by Crippen LogP contribution is 2.51. The van der Waals surface area contributed by atoms with Crippen LogP contribution < -0.4 is 5.32 Å². The van der Waals surface area contributed by atoms with Gasteiger partial charge in [-0.25, -0.2) is 9.50 Å². The molecule has 88 valence electrons. The van der Waals surface area contributed by atoms with Crippen LogP contribution in [0.1, 0.15) is 31.2 Å². The minimum Gasteiger partial charge on any atom is -0.381 e. The van der Waals surface area contributed by atoms with Gasteiger partial charge in [0.2, 0.25) is 0 Å². The van der Waals surface area contributed by atoms with Gasteiger partial charge in [-0.05, 0) is 25.7 Å². The van der Waals surface area contributed by atoms with Gasteiger partial charge in [-0.1, -0.05) is 6.92 Å². The van der Waals surface area contributed by atoms with E-state index in [0.717, 1.165) is 29.5 Å². The van der Waals surface area contributed by atoms with Crippen LogP contribution in [0.15, 0.2) is 12.3 Å². The molecule has 1 unspecified atom stereocenters. The molecule has 0 aromatic carbocycles. The van der Waals surface area contributed by atoms with E-state index in [1.165, 1.54) is 18.5 Å². The number of aromatic nitrogens is 3. The monoisotopic (exact) mass is 228 g/mol. The Morgan fingerprint density at radius 1 is 1.47 bits per heavy atom. The van der Waals surface area contributed by atoms with Crippen LogP contribution in [0.5, 0.6) is 0 Å². The van der Waals surface area contributed by atoms with Crippen LogP contribution in [0, 0.1) is 12.8 Å². The van der Waals surface area contributed by atoms with E-state index >= 15 is 0 Å². The fourth-order valence-corrected chi connectivity index (χ4v) is 3.15. The Morgan fingerprint density at radius 3 is 3.06 bits per heavy atom. The first-order chi connectivity index (χ1) is 8.18. The molecule has 4 nitrogen and oxygen atoms in total. The standard InChI is InChI=1S/C13H16N4/c1-8-5-11-14-6-10-12(17(11)16-8)13(2,7-15-10)9-3-4-9/h5-6,9,15H,3-4,7H2,1-2H3. The number of hydrogen-bond acceptors (Lipinski definition) is 3. The Hall–Kier alpha value is -1.58. The largest absolute Gasteiger partial charge is 0.381 e.